The first kappa shape index (κ1) is 16.1. The molecule has 2 atom stereocenters. The Balaban J connectivity index is 1.46. The molecule has 132 valence electrons. The van der Waals surface area contributed by atoms with Gasteiger partial charge in [0.25, 0.3) is 0 Å². The number of hydrogen-bond donors (Lipinski definition) is 1. The molecule has 5 heteroatoms. The Kier molecular flexibility index (Phi) is 4.65. The number of benzene rings is 2. The van der Waals surface area contributed by atoms with Gasteiger partial charge in [0.05, 0.1) is 13.7 Å². The third-order valence-corrected chi connectivity index (χ3v) is 4.96. The summed E-state index contributed by atoms with van der Waals surface area (Å²) < 4.78 is 22.2. The Hall–Kier alpha value is -2.40. The number of nitrogens with one attached hydrogen (secondary N) is 1. The fourth-order valence-electron chi connectivity index (χ4n) is 3.56. The molecule has 2 heterocycles. The van der Waals surface area contributed by atoms with Gasteiger partial charge in [0, 0.05) is 18.5 Å². The van der Waals surface area contributed by atoms with Crippen LogP contribution in [0.4, 0.5) is 0 Å². The Morgan fingerprint density at radius 1 is 1.12 bits per heavy atom. The van der Waals surface area contributed by atoms with Crippen LogP contribution in [0, 0.1) is 5.92 Å². The zero-order valence-corrected chi connectivity index (χ0v) is 14.4. The Labute approximate surface area is 147 Å². The van der Waals surface area contributed by atoms with E-state index in [0.717, 1.165) is 42.5 Å². The number of piperidine rings is 1. The van der Waals surface area contributed by atoms with E-state index in [1.54, 1.807) is 7.11 Å². The molecule has 4 rings (SSSR count). The summed E-state index contributed by atoms with van der Waals surface area (Å²) in [4.78, 5) is 0. The van der Waals surface area contributed by atoms with Crippen LogP contribution in [0.15, 0.2) is 42.5 Å². The highest BCUT2D eigenvalue weighted by atomic mass is 16.7. The number of fused-ring (bicyclic) bond motifs is 2. The third kappa shape index (κ3) is 3.51. The highest BCUT2D eigenvalue weighted by molar-refractivity contribution is 5.46. The third-order valence-electron chi connectivity index (χ3n) is 4.96. The monoisotopic (exact) mass is 341 g/mol. The van der Waals surface area contributed by atoms with Crippen molar-refractivity contribution >= 4 is 0 Å². The van der Waals surface area contributed by atoms with Crippen LogP contribution in [-0.4, -0.2) is 33.6 Å². The van der Waals surface area contributed by atoms with Gasteiger partial charge in [-0.25, -0.2) is 0 Å². The van der Waals surface area contributed by atoms with Crippen LogP contribution in [0.25, 0.3) is 0 Å². The normalized spacial score (nSPS) is 21.8. The fraction of sp³-hybridized carbons (Fsp3) is 0.400. The average Bonchev–Trinajstić information content (AvgIpc) is 2.68. The topological polar surface area (TPSA) is 49.0 Å². The maximum absolute atomic E-state index is 6.11. The first-order valence-electron chi connectivity index (χ1n) is 8.70. The lowest BCUT2D eigenvalue weighted by Crippen LogP contribution is -2.38. The van der Waals surface area contributed by atoms with Crippen LogP contribution in [-0.2, 0) is 0 Å². The average molecular weight is 341 g/mol. The van der Waals surface area contributed by atoms with Crippen molar-refractivity contribution in [2.24, 2.45) is 5.92 Å². The summed E-state index contributed by atoms with van der Waals surface area (Å²) in [6, 6.07) is 14.1. The van der Waals surface area contributed by atoms with E-state index >= 15 is 0 Å². The molecular weight excluding hydrogens is 318 g/mol. The van der Waals surface area contributed by atoms with Crippen LogP contribution >= 0.6 is 0 Å². The predicted octanol–water partition coefficient (Wildman–Crippen LogP) is 3.20. The van der Waals surface area contributed by atoms with Gasteiger partial charge in [-0.05, 0) is 48.7 Å². The molecule has 1 fully saturated rings. The van der Waals surface area contributed by atoms with Gasteiger partial charge in [0.15, 0.2) is 11.5 Å². The summed E-state index contributed by atoms with van der Waals surface area (Å²) in [6.07, 6.45) is 1.11. The molecule has 0 radical (unpaired) electrons. The molecule has 2 aromatic carbocycles. The minimum atomic E-state index is 0.248. The van der Waals surface area contributed by atoms with E-state index in [9.17, 15) is 0 Å². The second kappa shape index (κ2) is 7.23. The Morgan fingerprint density at radius 3 is 2.84 bits per heavy atom. The van der Waals surface area contributed by atoms with Crippen molar-refractivity contribution in [1.29, 1.82) is 0 Å². The van der Waals surface area contributed by atoms with Crippen molar-refractivity contribution in [3.05, 3.63) is 48.0 Å². The molecule has 2 bridgehead atoms. The van der Waals surface area contributed by atoms with Gasteiger partial charge in [0.1, 0.15) is 11.5 Å². The molecule has 0 aromatic heterocycles. The van der Waals surface area contributed by atoms with Crippen molar-refractivity contribution in [3.8, 4) is 23.0 Å². The van der Waals surface area contributed by atoms with E-state index in [-0.39, 0.29) is 6.79 Å². The number of methoxy groups -OCH3 is 1. The number of rotatable bonds is 5. The van der Waals surface area contributed by atoms with Gasteiger partial charge < -0.3 is 24.3 Å². The lowest BCUT2D eigenvalue weighted by molar-refractivity contribution is 0.0972. The summed E-state index contributed by atoms with van der Waals surface area (Å²) in [5, 5.41) is 3.49. The van der Waals surface area contributed by atoms with Crippen molar-refractivity contribution in [2.75, 3.05) is 33.6 Å². The van der Waals surface area contributed by atoms with Gasteiger partial charge in [0.2, 0.25) is 6.79 Å². The second-order valence-corrected chi connectivity index (χ2v) is 6.46. The van der Waals surface area contributed by atoms with Crippen LogP contribution in [0.1, 0.15) is 17.9 Å². The van der Waals surface area contributed by atoms with E-state index in [2.05, 4.69) is 17.4 Å². The van der Waals surface area contributed by atoms with Crippen LogP contribution in [0.3, 0.4) is 0 Å². The first-order valence-corrected chi connectivity index (χ1v) is 8.70. The summed E-state index contributed by atoms with van der Waals surface area (Å²) in [6.45, 7) is 2.89. The fourth-order valence-corrected chi connectivity index (χ4v) is 3.56. The van der Waals surface area contributed by atoms with Gasteiger partial charge >= 0.3 is 0 Å². The molecule has 25 heavy (non-hydrogen) atoms. The minimum Gasteiger partial charge on any atom is -0.497 e. The molecule has 2 aliphatic rings. The van der Waals surface area contributed by atoms with Crippen molar-refractivity contribution in [2.45, 2.75) is 12.3 Å². The molecular formula is C20H23NO4. The van der Waals surface area contributed by atoms with Gasteiger partial charge in [-0.2, -0.15) is 0 Å². The minimum absolute atomic E-state index is 0.248. The summed E-state index contributed by atoms with van der Waals surface area (Å²) >= 11 is 0. The lowest BCUT2D eigenvalue weighted by atomic mass is 9.81. The molecule has 0 amide bonds. The number of hydrogen-bond acceptors (Lipinski definition) is 5. The standard InChI is InChI=1S/C20H23NO4/c1-22-16-4-2-14(3-5-16)18-8-9-21-11-15(18)12-23-19-7-6-17-10-20(19)25-13-24-17/h2-7,10,15,18,21H,8-9,11-13H2,1H3. The summed E-state index contributed by atoms with van der Waals surface area (Å²) in [5.41, 5.74) is 1.34. The summed E-state index contributed by atoms with van der Waals surface area (Å²) in [7, 11) is 1.70. The maximum Gasteiger partial charge on any atom is 0.231 e. The lowest BCUT2D eigenvalue weighted by Gasteiger charge is -2.32. The maximum atomic E-state index is 6.11. The van der Waals surface area contributed by atoms with Gasteiger partial charge in [-0.3, -0.25) is 0 Å². The van der Waals surface area contributed by atoms with Crippen LogP contribution in [0.5, 0.6) is 23.0 Å². The van der Waals surface area contributed by atoms with Crippen molar-refractivity contribution in [1.82, 2.24) is 5.32 Å². The number of ether oxygens (including phenoxy) is 4. The van der Waals surface area contributed by atoms with Crippen LogP contribution < -0.4 is 24.3 Å². The molecule has 5 nitrogen and oxygen atoms in total. The zero-order chi connectivity index (χ0) is 17.1. The van der Waals surface area contributed by atoms with Gasteiger partial charge in [-0.15, -0.1) is 0 Å². The largest absolute Gasteiger partial charge is 0.497 e. The predicted molar refractivity (Wildman–Crippen MR) is 94.8 cm³/mol. The molecule has 1 saturated heterocycles. The summed E-state index contributed by atoms with van der Waals surface area (Å²) in [5.74, 6) is 4.15. The van der Waals surface area contributed by atoms with Crippen LogP contribution in [0.2, 0.25) is 0 Å². The SMILES string of the molecule is COc1ccc(C2CCNCC2COc2ccc3cc2OCO3)cc1. The smallest absolute Gasteiger partial charge is 0.231 e. The van der Waals surface area contributed by atoms with Gasteiger partial charge in [-0.1, -0.05) is 12.1 Å². The molecule has 2 aromatic rings. The highest BCUT2D eigenvalue weighted by Crippen LogP contribution is 2.36. The molecule has 1 N–H and O–H groups in total. The highest BCUT2D eigenvalue weighted by Gasteiger charge is 2.27. The van der Waals surface area contributed by atoms with E-state index in [1.807, 2.05) is 30.3 Å². The molecule has 0 aliphatic carbocycles. The molecule has 0 spiro atoms. The zero-order valence-electron chi connectivity index (χ0n) is 14.4. The van der Waals surface area contributed by atoms with E-state index in [0.29, 0.717) is 18.4 Å². The van der Waals surface area contributed by atoms with E-state index < -0.39 is 0 Å². The molecule has 2 unspecified atom stereocenters. The molecule has 0 saturated carbocycles. The quantitative estimate of drug-likeness (QED) is 0.905. The van der Waals surface area contributed by atoms with Crippen molar-refractivity contribution in [3.63, 3.8) is 0 Å². The van der Waals surface area contributed by atoms with Crippen molar-refractivity contribution < 1.29 is 18.9 Å². The van der Waals surface area contributed by atoms with E-state index in [1.165, 1.54) is 5.56 Å². The second-order valence-electron chi connectivity index (χ2n) is 6.46. The first-order chi connectivity index (χ1) is 12.3. The van der Waals surface area contributed by atoms with E-state index in [4.69, 9.17) is 18.9 Å². The Bertz CT molecular complexity index is 716. The Morgan fingerprint density at radius 2 is 2.00 bits per heavy atom. The molecule has 2 aliphatic heterocycles.